The molecule has 1 saturated carbocycles. The van der Waals surface area contributed by atoms with Gasteiger partial charge < -0.3 is 0 Å². The smallest absolute Gasteiger partial charge is 0.00664 e. The Morgan fingerprint density at radius 1 is 0.571 bits per heavy atom. The molecule has 0 aromatic carbocycles. The SMILES string of the molecule is SCC1CC(CS)C(CS)CC1CS. The zero-order valence-electron chi connectivity index (χ0n) is 8.34. The van der Waals surface area contributed by atoms with Crippen LogP contribution in [0, 0.1) is 23.7 Å². The number of hydrogen-bond acceptors (Lipinski definition) is 4. The van der Waals surface area contributed by atoms with Crippen molar-refractivity contribution in [3.8, 4) is 0 Å². The van der Waals surface area contributed by atoms with Crippen LogP contribution in [0.3, 0.4) is 0 Å². The molecular weight excluding hydrogens is 248 g/mol. The Labute approximate surface area is 110 Å². The molecule has 84 valence electrons. The third kappa shape index (κ3) is 3.19. The lowest BCUT2D eigenvalue weighted by atomic mass is 9.70. The van der Waals surface area contributed by atoms with E-state index in [2.05, 4.69) is 50.5 Å². The Bertz CT molecular complexity index is 128. The minimum atomic E-state index is 0.740. The maximum absolute atomic E-state index is 4.44. The van der Waals surface area contributed by atoms with Crippen LogP contribution in [0.4, 0.5) is 0 Å². The fourth-order valence-corrected chi connectivity index (χ4v) is 4.23. The van der Waals surface area contributed by atoms with Gasteiger partial charge >= 0.3 is 0 Å². The lowest BCUT2D eigenvalue weighted by Crippen LogP contribution is -2.35. The molecule has 0 nitrogen and oxygen atoms in total. The molecule has 0 aromatic rings. The second-order valence-corrected chi connectivity index (χ2v) is 5.70. The van der Waals surface area contributed by atoms with E-state index in [0.717, 1.165) is 46.7 Å². The van der Waals surface area contributed by atoms with E-state index in [9.17, 15) is 0 Å². The average molecular weight is 269 g/mol. The molecule has 0 aromatic heterocycles. The van der Waals surface area contributed by atoms with E-state index in [1.54, 1.807) is 0 Å². The molecule has 0 N–H and O–H groups in total. The zero-order chi connectivity index (χ0) is 10.6. The summed E-state index contributed by atoms with van der Waals surface area (Å²) in [5.74, 6) is 6.94. The number of rotatable bonds is 4. The van der Waals surface area contributed by atoms with Gasteiger partial charge in [0.05, 0.1) is 0 Å². The van der Waals surface area contributed by atoms with Gasteiger partial charge in [0.2, 0.25) is 0 Å². The van der Waals surface area contributed by atoms with E-state index < -0.39 is 0 Å². The molecule has 0 bridgehead atoms. The Kier molecular flexibility index (Phi) is 6.61. The Hall–Kier alpha value is 1.40. The quantitative estimate of drug-likeness (QED) is 0.554. The fourth-order valence-electron chi connectivity index (χ4n) is 2.44. The van der Waals surface area contributed by atoms with Crippen LogP contribution in [0.5, 0.6) is 0 Å². The van der Waals surface area contributed by atoms with Crippen LogP contribution in [-0.4, -0.2) is 23.0 Å². The molecule has 0 radical (unpaired) electrons. The number of hydrogen-bond donors (Lipinski definition) is 4. The van der Waals surface area contributed by atoms with Gasteiger partial charge in [-0.1, -0.05) is 0 Å². The summed E-state index contributed by atoms with van der Waals surface area (Å²) in [4.78, 5) is 0. The van der Waals surface area contributed by atoms with Gasteiger partial charge in [-0.15, -0.1) is 0 Å². The standard InChI is InChI=1S/C10H20S4/c11-3-7-1-8(4-12)10(6-14)2-9(7)5-13/h7-14H,1-6H2. The molecule has 1 fully saturated rings. The van der Waals surface area contributed by atoms with Crippen molar-refractivity contribution in [2.45, 2.75) is 12.8 Å². The van der Waals surface area contributed by atoms with Crippen LogP contribution in [0.2, 0.25) is 0 Å². The molecule has 0 amide bonds. The summed E-state index contributed by atoms with van der Waals surface area (Å²) >= 11 is 17.7. The highest BCUT2D eigenvalue weighted by atomic mass is 32.1. The molecule has 0 aliphatic heterocycles. The maximum atomic E-state index is 4.44. The molecule has 1 aliphatic carbocycles. The Morgan fingerprint density at radius 3 is 0.929 bits per heavy atom. The van der Waals surface area contributed by atoms with Crippen LogP contribution >= 0.6 is 50.5 Å². The van der Waals surface area contributed by atoms with Crippen molar-refractivity contribution in [2.75, 3.05) is 23.0 Å². The molecule has 1 rings (SSSR count). The molecule has 4 atom stereocenters. The summed E-state index contributed by atoms with van der Waals surface area (Å²) in [7, 11) is 0. The fraction of sp³-hybridized carbons (Fsp3) is 1.00. The highest BCUT2D eigenvalue weighted by Crippen LogP contribution is 2.40. The average Bonchev–Trinajstić information content (AvgIpc) is 2.26. The van der Waals surface area contributed by atoms with Crippen molar-refractivity contribution in [3.05, 3.63) is 0 Å². The number of thiol groups is 4. The first-order chi connectivity index (χ1) is 6.76. The monoisotopic (exact) mass is 268 g/mol. The first-order valence-corrected chi connectivity index (χ1v) is 7.73. The van der Waals surface area contributed by atoms with Gasteiger partial charge in [-0.3, -0.25) is 0 Å². The van der Waals surface area contributed by atoms with Crippen LogP contribution in [0.15, 0.2) is 0 Å². The van der Waals surface area contributed by atoms with Crippen molar-refractivity contribution < 1.29 is 0 Å². The van der Waals surface area contributed by atoms with E-state index in [1.165, 1.54) is 12.8 Å². The van der Waals surface area contributed by atoms with Gasteiger partial charge in [0.15, 0.2) is 0 Å². The van der Waals surface area contributed by atoms with Gasteiger partial charge in [0.25, 0.3) is 0 Å². The van der Waals surface area contributed by atoms with Gasteiger partial charge in [-0.2, -0.15) is 50.5 Å². The molecular formula is C10H20S4. The molecule has 0 saturated heterocycles. The van der Waals surface area contributed by atoms with Gasteiger partial charge in [-0.05, 0) is 59.5 Å². The summed E-state index contributed by atoms with van der Waals surface area (Å²) in [6.07, 6.45) is 2.53. The maximum Gasteiger partial charge on any atom is -0.00664 e. The van der Waals surface area contributed by atoms with E-state index >= 15 is 0 Å². The molecule has 14 heavy (non-hydrogen) atoms. The lowest BCUT2D eigenvalue weighted by molar-refractivity contribution is 0.170. The topological polar surface area (TPSA) is 0 Å². The largest absolute Gasteiger partial charge is 0.179 e. The van der Waals surface area contributed by atoms with Crippen LogP contribution in [-0.2, 0) is 0 Å². The van der Waals surface area contributed by atoms with Crippen LogP contribution in [0.25, 0.3) is 0 Å². The van der Waals surface area contributed by atoms with E-state index in [1.807, 2.05) is 0 Å². The third-order valence-electron chi connectivity index (χ3n) is 3.48. The summed E-state index contributed by atoms with van der Waals surface area (Å²) in [5, 5.41) is 0. The van der Waals surface area contributed by atoms with Gasteiger partial charge in [0, 0.05) is 0 Å². The van der Waals surface area contributed by atoms with E-state index in [0.29, 0.717) is 0 Å². The first kappa shape index (κ1) is 13.5. The van der Waals surface area contributed by atoms with Crippen molar-refractivity contribution in [3.63, 3.8) is 0 Å². The zero-order valence-corrected chi connectivity index (χ0v) is 11.9. The molecule has 1 aliphatic rings. The Morgan fingerprint density at radius 2 is 0.786 bits per heavy atom. The predicted molar refractivity (Wildman–Crippen MR) is 78.6 cm³/mol. The van der Waals surface area contributed by atoms with Crippen molar-refractivity contribution in [1.29, 1.82) is 0 Å². The molecule has 4 unspecified atom stereocenters. The second-order valence-electron chi connectivity index (χ2n) is 4.24. The van der Waals surface area contributed by atoms with Crippen molar-refractivity contribution in [2.24, 2.45) is 23.7 Å². The van der Waals surface area contributed by atoms with E-state index in [4.69, 9.17) is 0 Å². The van der Waals surface area contributed by atoms with Gasteiger partial charge in [0.1, 0.15) is 0 Å². The first-order valence-electron chi connectivity index (χ1n) is 5.20. The summed E-state index contributed by atoms with van der Waals surface area (Å²) in [5.41, 5.74) is 0. The molecule has 4 heteroatoms. The van der Waals surface area contributed by atoms with E-state index in [-0.39, 0.29) is 0 Å². The van der Waals surface area contributed by atoms with Gasteiger partial charge in [-0.25, -0.2) is 0 Å². The molecule has 0 heterocycles. The normalized spacial score (nSPS) is 38.6. The van der Waals surface area contributed by atoms with Crippen molar-refractivity contribution >= 4 is 50.5 Å². The summed E-state index contributed by atoms with van der Waals surface area (Å²) < 4.78 is 0. The predicted octanol–water partition coefficient (Wildman–Crippen LogP) is 2.96. The Balaban J connectivity index is 2.59. The second kappa shape index (κ2) is 6.87. The molecule has 0 spiro atoms. The highest BCUT2D eigenvalue weighted by Gasteiger charge is 2.34. The highest BCUT2D eigenvalue weighted by molar-refractivity contribution is 7.80. The van der Waals surface area contributed by atoms with Crippen LogP contribution < -0.4 is 0 Å². The third-order valence-corrected chi connectivity index (χ3v) is 5.36. The van der Waals surface area contributed by atoms with Crippen molar-refractivity contribution in [1.82, 2.24) is 0 Å². The summed E-state index contributed by atoms with van der Waals surface area (Å²) in [6, 6.07) is 0. The summed E-state index contributed by atoms with van der Waals surface area (Å²) in [6.45, 7) is 0. The minimum Gasteiger partial charge on any atom is -0.179 e. The minimum absolute atomic E-state index is 0.740. The van der Waals surface area contributed by atoms with Crippen LogP contribution in [0.1, 0.15) is 12.8 Å². The lowest BCUT2D eigenvalue weighted by Gasteiger charge is -2.39.